The molecule has 0 fully saturated rings. The van der Waals surface area contributed by atoms with Gasteiger partial charge in [0.25, 0.3) is 0 Å². The fourth-order valence-corrected chi connectivity index (χ4v) is 1.73. The lowest BCUT2D eigenvalue weighted by molar-refractivity contribution is 0.781. The molecule has 1 aromatic heterocycles. The van der Waals surface area contributed by atoms with Crippen molar-refractivity contribution >= 4 is 11.4 Å². The molecule has 4 heteroatoms. The van der Waals surface area contributed by atoms with Crippen LogP contribution in [-0.4, -0.2) is 16.5 Å². The Morgan fingerprint density at radius 2 is 1.82 bits per heavy atom. The number of para-hydroxylation sites is 2. The lowest BCUT2D eigenvalue weighted by Crippen LogP contribution is -2.24. The molecule has 0 unspecified atom stereocenters. The van der Waals surface area contributed by atoms with E-state index in [0.717, 1.165) is 23.7 Å². The zero-order valence-electron chi connectivity index (χ0n) is 9.87. The van der Waals surface area contributed by atoms with Gasteiger partial charge in [-0.25, -0.2) is 9.97 Å². The number of rotatable bonds is 4. The highest BCUT2D eigenvalue weighted by molar-refractivity contribution is 5.67. The lowest BCUT2D eigenvalue weighted by Gasteiger charge is -2.23. The van der Waals surface area contributed by atoms with Gasteiger partial charge in [0.1, 0.15) is 5.82 Å². The number of hydrogen-bond acceptors (Lipinski definition) is 4. The minimum atomic E-state index is 0.672. The molecule has 0 saturated carbocycles. The topological polar surface area (TPSA) is 55.0 Å². The van der Waals surface area contributed by atoms with Crippen LogP contribution in [0.3, 0.4) is 0 Å². The molecule has 2 rings (SSSR count). The summed E-state index contributed by atoms with van der Waals surface area (Å²) in [6.45, 7) is 3.63. The Balaban J connectivity index is 2.21. The van der Waals surface area contributed by atoms with Gasteiger partial charge in [-0.3, -0.25) is 0 Å². The first-order valence-corrected chi connectivity index (χ1v) is 5.66. The normalized spacial score (nSPS) is 10.2. The predicted molar refractivity (Wildman–Crippen MR) is 69.6 cm³/mol. The molecule has 1 heterocycles. The molecule has 0 radical (unpaired) electrons. The smallest absolute Gasteiger partial charge is 0.147 e. The Kier molecular flexibility index (Phi) is 3.55. The van der Waals surface area contributed by atoms with E-state index in [4.69, 9.17) is 5.73 Å². The molecule has 1 aromatic carbocycles. The minimum absolute atomic E-state index is 0.672. The fourth-order valence-electron chi connectivity index (χ4n) is 1.73. The van der Waals surface area contributed by atoms with Crippen LogP contribution in [0.1, 0.15) is 12.7 Å². The lowest BCUT2D eigenvalue weighted by atomic mass is 10.2. The maximum atomic E-state index is 5.97. The summed E-state index contributed by atoms with van der Waals surface area (Å²) in [6.07, 6.45) is 3.51. The monoisotopic (exact) mass is 228 g/mol. The Hall–Kier alpha value is -2.10. The molecule has 0 aliphatic carbocycles. The van der Waals surface area contributed by atoms with Crippen LogP contribution in [0.25, 0.3) is 0 Å². The van der Waals surface area contributed by atoms with Crippen molar-refractivity contribution in [2.45, 2.75) is 13.5 Å². The zero-order chi connectivity index (χ0) is 12.1. The third kappa shape index (κ3) is 2.72. The highest BCUT2D eigenvalue weighted by Crippen LogP contribution is 2.23. The van der Waals surface area contributed by atoms with Crippen LogP contribution >= 0.6 is 0 Å². The maximum Gasteiger partial charge on any atom is 0.147 e. The van der Waals surface area contributed by atoms with E-state index in [-0.39, 0.29) is 0 Å². The molecule has 88 valence electrons. The van der Waals surface area contributed by atoms with Crippen LogP contribution in [0.5, 0.6) is 0 Å². The van der Waals surface area contributed by atoms with E-state index < -0.39 is 0 Å². The summed E-state index contributed by atoms with van der Waals surface area (Å²) in [5.41, 5.74) is 7.78. The van der Waals surface area contributed by atoms with Gasteiger partial charge in [-0.2, -0.15) is 0 Å². The van der Waals surface area contributed by atoms with Crippen molar-refractivity contribution in [1.82, 2.24) is 9.97 Å². The molecule has 0 saturated heterocycles. The van der Waals surface area contributed by atoms with Gasteiger partial charge in [0.05, 0.1) is 17.9 Å². The van der Waals surface area contributed by atoms with Crippen molar-refractivity contribution in [2.24, 2.45) is 0 Å². The Labute approximate surface area is 101 Å². The molecule has 0 bridgehead atoms. The molecule has 2 aromatic rings. The van der Waals surface area contributed by atoms with Gasteiger partial charge in [0.15, 0.2) is 0 Å². The second-order valence-electron chi connectivity index (χ2n) is 3.74. The Morgan fingerprint density at radius 1 is 1.12 bits per heavy atom. The molecule has 0 atom stereocenters. The molecule has 17 heavy (non-hydrogen) atoms. The van der Waals surface area contributed by atoms with Crippen LogP contribution in [-0.2, 0) is 6.54 Å². The summed E-state index contributed by atoms with van der Waals surface area (Å²) in [5.74, 6) is 0.803. The number of hydrogen-bond donors (Lipinski definition) is 1. The van der Waals surface area contributed by atoms with E-state index in [1.165, 1.54) is 0 Å². The van der Waals surface area contributed by atoms with Gasteiger partial charge in [0, 0.05) is 18.9 Å². The van der Waals surface area contributed by atoms with E-state index in [1.807, 2.05) is 30.3 Å². The van der Waals surface area contributed by atoms with Gasteiger partial charge in [-0.05, 0) is 25.1 Å². The van der Waals surface area contributed by atoms with Gasteiger partial charge < -0.3 is 10.6 Å². The summed E-state index contributed by atoms with van der Waals surface area (Å²) in [4.78, 5) is 10.6. The standard InChI is InChI=1S/C13H16N4/c1-2-17(10-13-15-8-5-9-16-13)12-7-4-3-6-11(12)14/h3-9H,2,10,14H2,1H3. The average molecular weight is 228 g/mol. The van der Waals surface area contributed by atoms with Crippen molar-refractivity contribution in [3.63, 3.8) is 0 Å². The van der Waals surface area contributed by atoms with Crippen LogP contribution < -0.4 is 10.6 Å². The van der Waals surface area contributed by atoms with Gasteiger partial charge in [-0.15, -0.1) is 0 Å². The number of nitrogens with two attached hydrogens (primary N) is 1. The average Bonchev–Trinajstić information content (AvgIpc) is 2.38. The van der Waals surface area contributed by atoms with Crippen molar-refractivity contribution in [1.29, 1.82) is 0 Å². The maximum absolute atomic E-state index is 5.97. The first-order valence-electron chi connectivity index (χ1n) is 5.66. The number of benzene rings is 1. The molecule has 0 aliphatic rings. The molecule has 0 aliphatic heterocycles. The number of nitrogens with zero attached hydrogens (tertiary/aromatic N) is 3. The molecule has 4 nitrogen and oxygen atoms in total. The molecular weight excluding hydrogens is 212 g/mol. The summed E-state index contributed by atoms with van der Waals surface area (Å²) >= 11 is 0. The van der Waals surface area contributed by atoms with Crippen LogP contribution in [0.4, 0.5) is 11.4 Å². The first-order chi connectivity index (χ1) is 8.31. The molecule has 2 N–H and O–H groups in total. The highest BCUT2D eigenvalue weighted by atomic mass is 15.2. The van der Waals surface area contributed by atoms with Crippen molar-refractivity contribution in [3.05, 3.63) is 48.5 Å². The predicted octanol–water partition coefficient (Wildman–Crippen LogP) is 2.09. The van der Waals surface area contributed by atoms with Crippen LogP contribution in [0, 0.1) is 0 Å². The van der Waals surface area contributed by atoms with Crippen molar-refractivity contribution in [2.75, 3.05) is 17.2 Å². The second kappa shape index (κ2) is 5.30. The van der Waals surface area contributed by atoms with Crippen LogP contribution in [0.2, 0.25) is 0 Å². The zero-order valence-corrected chi connectivity index (χ0v) is 9.87. The van der Waals surface area contributed by atoms with Gasteiger partial charge in [-0.1, -0.05) is 12.1 Å². The van der Waals surface area contributed by atoms with Crippen LogP contribution in [0.15, 0.2) is 42.7 Å². The second-order valence-corrected chi connectivity index (χ2v) is 3.74. The molecular formula is C13H16N4. The first kappa shape index (κ1) is 11.4. The minimum Gasteiger partial charge on any atom is -0.397 e. The fraction of sp³-hybridized carbons (Fsp3) is 0.231. The van der Waals surface area contributed by atoms with E-state index in [0.29, 0.717) is 6.54 Å². The van der Waals surface area contributed by atoms with Crippen molar-refractivity contribution in [3.8, 4) is 0 Å². The Morgan fingerprint density at radius 3 is 2.47 bits per heavy atom. The van der Waals surface area contributed by atoms with E-state index in [2.05, 4.69) is 21.8 Å². The molecule has 0 spiro atoms. The van der Waals surface area contributed by atoms with Gasteiger partial charge in [0.2, 0.25) is 0 Å². The Bertz CT molecular complexity index is 470. The van der Waals surface area contributed by atoms with Gasteiger partial charge >= 0.3 is 0 Å². The summed E-state index contributed by atoms with van der Waals surface area (Å²) in [5, 5.41) is 0. The number of aromatic nitrogens is 2. The number of nitrogen functional groups attached to an aromatic ring is 1. The summed E-state index contributed by atoms with van der Waals surface area (Å²) in [7, 11) is 0. The quantitative estimate of drug-likeness (QED) is 0.814. The third-order valence-corrected chi connectivity index (χ3v) is 2.61. The number of anilines is 2. The van der Waals surface area contributed by atoms with E-state index >= 15 is 0 Å². The largest absolute Gasteiger partial charge is 0.397 e. The molecule has 0 amide bonds. The highest BCUT2D eigenvalue weighted by Gasteiger charge is 2.09. The van der Waals surface area contributed by atoms with E-state index in [1.54, 1.807) is 12.4 Å². The summed E-state index contributed by atoms with van der Waals surface area (Å²) < 4.78 is 0. The summed E-state index contributed by atoms with van der Waals surface area (Å²) in [6, 6.07) is 9.66. The van der Waals surface area contributed by atoms with E-state index in [9.17, 15) is 0 Å². The SMILES string of the molecule is CCN(Cc1ncccn1)c1ccccc1N. The van der Waals surface area contributed by atoms with Crippen molar-refractivity contribution < 1.29 is 0 Å². The third-order valence-electron chi connectivity index (χ3n) is 2.61.